The monoisotopic (exact) mass is 292 g/mol. The molecule has 2 amide bonds. The molecule has 0 saturated carbocycles. The highest BCUT2D eigenvalue weighted by atomic mass is 32.2. The number of primary amides is 1. The van der Waals surface area contributed by atoms with E-state index in [2.05, 4.69) is 0 Å². The number of amides is 2. The van der Waals surface area contributed by atoms with Gasteiger partial charge in [-0.3, -0.25) is 13.8 Å². The summed E-state index contributed by atoms with van der Waals surface area (Å²) in [5.74, 6) is -0.829. The molecule has 0 aromatic carbocycles. The Kier molecular flexibility index (Phi) is 5.30. The molecule has 2 unspecified atom stereocenters. The Morgan fingerprint density at radius 1 is 1.58 bits per heavy atom. The minimum absolute atomic E-state index is 0.00573. The molecule has 0 aliphatic carbocycles. The van der Waals surface area contributed by atoms with E-state index in [4.69, 9.17) is 9.92 Å². The van der Waals surface area contributed by atoms with Gasteiger partial charge in [0.1, 0.15) is 6.04 Å². The number of piperidine rings is 1. The normalized spacial score (nSPS) is 22.3. The third kappa shape index (κ3) is 4.79. The van der Waals surface area contributed by atoms with Crippen LogP contribution in [0.3, 0.4) is 0 Å². The zero-order chi connectivity index (χ0) is 14.6. The lowest BCUT2D eigenvalue weighted by molar-refractivity contribution is -0.143. The molecule has 1 rings (SSSR count). The fourth-order valence-corrected chi connectivity index (χ4v) is 2.62. The number of hydrogen-bond donors (Lipinski definition) is 1. The minimum atomic E-state index is -3.49. The summed E-state index contributed by atoms with van der Waals surface area (Å²) in [5.41, 5.74) is 5.25. The van der Waals surface area contributed by atoms with Gasteiger partial charge in [-0.2, -0.15) is 8.42 Å². The van der Waals surface area contributed by atoms with E-state index in [9.17, 15) is 18.0 Å². The van der Waals surface area contributed by atoms with Gasteiger partial charge in [0, 0.05) is 13.0 Å². The van der Waals surface area contributed by atoms with Crippen LogP contribution < -0.4 is 5.73 Å². The van der Waals surface area contributed by atoms with Crippen LogP contribution in [-0.4, -0.2) is 50.6 Å². The third-order valence-electron chi connectivity index (χ3n) is 3.17. The molecule has 0 aromatic rings. The predicted octanol–water partition coefficient (Wildman–Crippen LogP) is -0.535. The molecule has 7 nitrogen and oxygen atoms in total. The molecule has 1 saturated heterocycles. The van der Waals surface area contributed by atoms with Gasteiger partial charge in [0.2, 0.25) is 11.8 Å². The Morgan fingerprint density at radius 2 is 2.21 bits per heavy atom. The maximum absolute atomic E-state index is 11.9. The molecule has 1 aliphatic rings. The van der Waals surface area contributed by atoms with E-state index < -0.39 is 22.1 Å². The fourth-order valence-electron chi connectivity index (χ4n) is 2.18. The smallest absolute Gasteiger partial charge is 0.264 e. The Hall–Kier alpha value is -1.15. The fraction of sp³-hybridized carbons (Fsp3) is 0.818. The summed E-state index contributed by atoms with van der Waals surface area (Å²) in [4.78, 5) is 24.7. The van der Waals surface area contributed by atoms with Gasteiger partial charge in [0.25, 0.3) is 10.1 Å². The molecule has 110 valence electrons. The zero-order valence-corrected chi connectivity index (χ0v) is 12.0. The highest BCUT2D eigenvalue weighted by Crippen LogP contribution is 2.22. The average molecular weight is 292 g/mol. The molecular formula is C11H20N2O5S. The summed E-state index contributed by atoms with van der Waals surface area (Å²) in [5, 5.41) is 0. The minimum Gasteiger partial charge on any atom is -0.368 e. The van der Waals surface area contributed by atoms with Crippen LogP contribution in [0.25, 0.3) is 0 Å². The maximum Gasteiger partial charge on any atom is 0.264 e. The highest BCUT2D eigenvalue weighted by molar-refractivity contribution is 7.85. The molecule has 0 spiro atoms. The van der Waals surface area contributed by atoms with E-state index in [0.29, 0.717) is 19.4 Å². The first-order valence-electron chi connectivity index (χ1n) is 6.17. The van der Waals surface area contributed by atoms with E-state index in [-0.39, 0.29) is 24.9 Å². The van der Waals surface area contributed by atoms with Gasteiger partial charge in [-0.05, 0) is 18.8 Å². The van der Waals surface area contributed by atoms with Crippen molar-refractivity contribution in [1.29, 1.82) is 0 Å². The Bertz CT molecular complexity index is 448. The lowest BCUT2D eigenvalue weighted by Crippen LogP contribution is -2.51. The average Bonchev–Trinajstić information content (AvgIpc) is 2.28. The van der Waals surface area contributed by atoms with Gasteiger partial charge in [0.05, 0.1) is 12.9 Å². The van der Waals surface area contributed by atoms with Crippen LogP contribution in [0.2, 0.25) is 0 Å². The number of nitrogens with zero attached hydrogens (tertiary/aromatic N) is 1. The van der Waals surface area contributed by atoms with Crippen molar-refractivity contribution in [2.45, 2.75) is 32.2 Å². The largest absolute Gasteiger partial charge is 0.368 e. The molecule has 2 atom stereocenters. The van der Waals surface area contributed by atoms with Crippen LogP contribution in [-0.2, 0) is 23.9 Å². The first kappa shape index (κ1) is 15.9. The number of carbonyl (C=O) groups excluding carboxylic acids is 2. The van der Waals surface area contributed by atoms with E-state index in [1.54, 1.807) is 6.92 Å². The van der Waals surface area contributed by atoms with Crippen molar-refractivity contribution in [3.8, 4) is 0 Å². The van der Waals surface area contributed by atoms with Crippen LogP contribution >= 0.6 is 0 Å². The van der Waals surface area contributed by atoms with Crippen molar-refractivity contribution in [3.05, 3.63) is 0 Å². The number of rotatable bonds is 6. The van der Waals surface area contributed by atoms with Crippen LogP contribution in [0.1, 0.15) is 26.2 Å². The quantitative estimate of drug-likeness (QED) is 0.662. The molecule has 1 heterocycles. The molecule has 19 heavy (non-hydrogen) atoms. The number of likely N-dealkylation sites (tertiary alicyclic amines) is 1. The second-order valence-corrected chi connectivity index (χ2v) is 6.40. The van der Waals surface area contributed by atoms with Gasteiger partial charge < -0.3 is 10.6 Å². The SMILES string of the molecule is CCC(C(N)=O)N1CCC(COS(C)(=O)=O)CC1=O. The number of hydrogen-bond acceptors (Lipinski definition) is 5. The Labute approximate surface area is 113 Å². The van der Waals surface area contributed by atoms with Crippen molar-refractivity contribution in [3.63, 3.8) is 0 Å². The van der Waals surface area contributed by atoms with Crippen LogP contribution in [0.4, 0.5) is 0 Å². The first-order chi connectivity index (χ1) is 8.74. The van der Waals surface area contributed by atoms with Crippen molar-refractivity contribution < 1.29 is 22.2 Å². The molecule has 1 aliphatic heterocycles. The van der Waals surface area contributed by atoms with E-state index in [0.717, 1.165) is 6.26 Å². The molecule has 0 aromatic heterocycles. The molecule has 0 radical (unpaired) electrons. The van der Waals surface area contributed by atoms with Gasteiger partial charge in [-0.15, -0.1) is 0 Å². The topological polar surface area (TPSA) is 107 Å². The predicted molar refractivity (Wildman–Crippen MR) is 68.5 cm³/mol. The van der Waals surface area contributed by atoms with Gasteiger partial charge in [-0.25, -0.2) is 0 Å². The summed E-state index contributed by atoms with van der Waals surface area (Å²) >= 11 is 0. The lowest BCUT2D eigenvalue weighted by Gasteiger charge is -2.35. The van der Waals surface area contributed by atoms with E-state index in [1.165, 1.54) is 4.90 Å². The molecule has 8 heteroatoms. The summed E-state index contributed by atoms with van der Waals surface area (Å²) in [6.45, 7) is 2.20. The molecular weight excluding hydrogens is 272 g/mol. The lowest BCUT2D eigenvalue weighted by atomic mass is 9.95. The number of nitrogens with two attached hydrogens (primary N) is 1. The van der Waals surface area contributed by atoms with Crippen molar-refractivity contribution >= 4 is 21.9 Å². The zero-order valence-electron chi connectivity index (χ0n) is 11.2. The van der Waals surface area contributed by atoms with E-state index in [1.807, 2.05) is 0 Å². The Balaban J connectivity index is 2.56. The van der Waals surface area contributed by atoms with Crippen molar-refractivity contribution in [1.82, 2.24) is 4.90 Å². The molecule has 1 fully saturated rings. The second kappa shape index (κ2) is 6.33. The summed E-state index contributed by atoms with van der Waals surface area (Å²) in [6.07, 6.45) is 2.24. The van der Waals surface area contributed by atoms with Crippen molar-refractivity contribution in [2.24, 2.45) is 11.7 Å². The van der Waals surface area contributed by atoms with Gasteiger partial charge in [-0.1, -0.05) is 6.92 Å². The first-order valence-corrected chi connectivity index (χ1v) is 7.99. The highest BCUT2D eigenvalue weighted by Gasteiger charge is 2.32. The maximum atomic E-state index is 11.9. The second-order valence-electron chi connectivity index (χ2n) is 4.76. The van der Waals surface area contributed by atoms with Gasteiger partial charge in [0.15, 0.2) is 0 Å². The number of carbonyl (C=O) groups is 2. The summed E-state index contributed by atoms with van der Waals surface area (Å²) < 4.78 is 26.5. The van der Waals surface area contributed by atoms with Gasteiger partial charge >= 0.3 is 0 Å². The van der Waals surface area contributed by atoms with E-state index >= 15 is 0 Å². The third-order valence-corrected chi connectivity index (χ3v) is 3.74. The van der Waals surface area contributed by atoms with Crippen LogP contribution in [0.5, 0.6) is 0 Å². The summed E-state index contributed by atoms with van der Waals surface area (Å²) in [7, 11) is -3.49. The standard InChI is InChI=1S/C11H20N2O5S/c1-3-9(11(12)15)13-5-4-8(6-10(13)14)7-18-19(2,16)17/h8-9H,3-7H2,1-2H3,(H2,12,15). The molecule has 2 N–H and O–H groups in total. The van der Waals surface area contributed by atoms with Crippen LogP contribution in [0.15, 0.2) is 0 Å². The van der Waals surface area contributed by atoms with Crippen LogP contribution in [0, 0.1) is 5.92 Å². The Morgan fingerprint density at radius 3 is 2.63 bits per heavy atom. The van der Waals surface area contributed by atoms with Crippen molar-refractivity contribution in [2.75, 3.05) is 19.4 Å². The summed E-state index contributed by atoms with van der Waals surface area (Å²) in [6, 6.07) is -0.579. The molecule has 0 bridgehead atoms.